The van der Waals surface area contributed by atoms with Crippen LogP contribution < -0.4 is 11.1 Å². The van der Waals surface area contributed by atoms with Gasteiger partial charge in [-0.3, -0.25) is 5.41 Å². The van der Waals surface area contributed by atoms with Gasteiger partial charge in [0.05, 0.1) is 33.5 Å². The number of para-hydroxylation sites is 2. The molecule has 0 amide bonds. The van der Waals surface area contributed by atoms with Crippen molar-refractivity contribution in [2.75, 3.05) is 5.73 Å². The lowest BCUT2D eigenvalue weighted by molar-refractivity contribution is 1.07. The highest BCUT2D eigenvalue weighted by molar-refractivity contribution is 6.30. The lowest BCUT2D eigenvalue weighted by atomic mass is 10.1. The number of nitrogens with two attached hydrogens (primary N) is 1. The Bertz CT molecular complexity index is 1050. The first kappa shape index (κ1) is 13.8. The van der Waals surface area contributed by atoms with Crippen LogP contribution in [0.5, 0.6) is 0 Å². The SMILES string of the molecule is N=c1cc2n(-c3ccc(Cl)cc3)c3ccccc3nc-2cc1N. The summed E-state index contributed by atoms with van der Waals surface area (Å²) in [6.45, 7) is 0. The van der Waals surface area contributed by atoms with Gasteiger partial charge in [0, 0.05) is 10.7 Å². The van der Waals surface area contributed by atoms with Crippen LogP contribution >= 0.6 is 11.6 Å². The van der Waals surface area contributed by atoms with Crippen LogP contribution in [0.1, 0.15) is 0 Å². The quantitative estimate of drug-likeness (QED) is 0.413. The molecule has 2 aromatic rings. The van der Waals surface area contributed by atoms with E-state index in [0.717, 1.165) is 28.1 Å². The summed E-state index contributed by atoms with van der Waals surface area (Å²) in [5.41, 5.74) is 10.7. The van der Waals surface area contributed by atoms with Gasteiger partial charge in [-0.05, 0) is 48.5 Å². The summed E-state index contributed by atoms with van der Waals surface area (Å²) in [5.74, 6) is 0. The molecule has 4 nitrogen and oxygen atoms in total. The molecule has 1 aliphatic heterocycles. The van der Waals surface area contributed by atoms with E-state index in [1.807, 2.05) is 48.5 Å². The van der Waals surface area contributed by atoms with Crippen LogP contribution in [-0.2, 0) is 0 Å². The highest BCUT2D eigenvalue weighted by atomic mass is 35.5. The zero-order valence-electron chi connectivity index (χ0n) is 12.1. The number of halogens is 1. The topological polar surface area (TPSA) is 67.7 Å². The Morgan fingerprint density at radius 1 is 1.00 bits per heavy atom. The van der Waals surface area contributed by atoms with Crippen molar-refractivity contribution in [1.29, 1.82) is 5.41 Å². The molecule has 0 atom stereocenters. The normalized spacial score (nSPS) is 11.2. The lowest BCUT2D eigenvalue weighted by Crippen LogP contribution is -2.13. The van der Waals surface area contributed by atoms with E-state index in [2.05, 4.69) is 9.55 Å². The van der Waals surface area contributed by atoms with Gasteiger partial charge in [0.15, 0.2) is 0 Å². The molecular weight excluding hydrogens is 308 g/mol. The predicted octanol–water partition coefficient (Wildman–Crippen LogP) is 3.85. The van der Waals surface area contributed by atoms with E-state index in [4.69, 9.17) is 22.7 Å². The molecule has 0 unspecified atom stereocenters. The number of aromatic nitrogens is 2. The molecule has 0 aromatic heterocycles. The molecule has 1 heterocycles. The Morgan fingerprint density at radius 3 is 2.52 bits per heavy atom. The van der Waals surface area contributed by atoms with Crippen LogP contribution in [0, 0.1) is 5.41 Å². The van der Waals surface area contributed by atoms with E-state index in [-0.39, 0.29) is 5.36 Å². The average molecular weight is 321 g/mol. The fraction of sp³-hybridized carbons (Fsp3) is 0. The fourth-order valence-electron chi connectivity index (χ4n) is 2.74. The number of nitrogens with zero attached hydrogens (tertiary/aromatic N) is 2. The van der Waals surface area contributed by atoms with Crippen molar-refractivity contribution in [1.82, 2.24) is 9.55 Å². The number of fused-ring (bicyclic) bond motifs is 2. The van der Waals surface area contributed by atoms with Crippen LogP contribution in [0.4, 0.5) is 5.69 Å². The van der Waals surface area contributed by atoms with Crippen LogP contribution in [0.15, 0.2) is 60.7 Å². The molecule has 112 valence electrons. The zero-order chi connectivity index (χ0) is 16.0. The molecule has 1 aliphatic carbocycles. The van der Waals surface area contributed by atoms with E-state index < -0.39 is 0 Å². The van der Waals surface area contributed by atoms with Crippen molar-refractivity contribution >= 4 is 28.3 Å². The van der Waals surface area contributed by atoms with Crippen molar-refractivity contribution in [2.45, 2.75) is 0 Å². The molecule has 23 heavy (non-hydrogen) atoms. The van der Waals surface area contributed by atoms with Gasteiger partial charge in [0.2, 0.25) is 0 Å². The number of benzene rings is 3. The second-order valence-electron chi connectivity index (χ2n) is 5.34. The third-order valence-electron chi connectivity index (χ3n) is 3.84. The van der Waals surface area contributed by atoms with Gasteiger partial charge < -0.3 is 10.3 Å². The molecule has 0 fully saturated rings. The van der Waals surface area contributed by atoms with Crippen LogP contribution in [0.25, 0.3) is 28.1 Å². The van der Waals surface area contributed by atoms with Crippen molar-refractivity contribution < 1.29 is 0 Å². The Morgan fingerprint density at radius 2 is 1.74 bits per heavy atom. The highest BCUT2D eigenvalue weighted by Crippen LogP contribution is 2.29. The smallest absolute Gasteiger partial charge is 0.0900 e. The first-order valence-corrected chi connectivity index (χ1v) is 7.53. The number of nitrogen functional groups attached to an aromatic ring is 1. The Kier molecular flexibility index (Phi) is 3.06. The Balaban J connectivity index is 2.19. The van der Waals surface area contributed by atoms with E-state index in [0.29, 0.717) is 10.7 Å². The molecule has 0 saturated carbocycles. The van der Waals surface area contributed by atoms with Crippen molar-refractivity contribution in [2.24, 2.45) is 0 Å². The molecule has 2 aromatic carbocycles. The summed E-state index contributed by atoms with van der Waals surface area (Å²) in [6, 6.07) is 19.0. The number of rotatable bonds is 1. The number of nitrogens with one attached hydrogen (secondary N) is 1. The van der Waals surface area contributed by atoms with Gasteiger partial charge in [-0.25, -0.2) is 4.98 Å². The van der Waals surface area contributed by atoms with Crippen molar-refractivity contribution in [3.63, 3.8) is 0 Å². The van der Waals surface area contributed by atoms with Gasteiger partial charge in [0.25, 0.3) is 0 Å². The summed E-state index contributed by atoms with van der Waals surface area (Å²) >= 11 is 6.01. The maximum atomic E-state index is 8.02. The maximum Gasteiger partial charge on any atom is 0.0900 e. The standard InChI is InChI=1S/C18H13ClN4/c19-11-5-7-12(8-6-11)23-17-4-2-1-3-15(17)22-16-9-13(20)14(21)10-18(16)23/h1-10,21H,20H2. The van der Waals surface area contributed by atoms with Gasteiger partial charge in [-0.15, -0.1) is 0 Å². The minimum Gasteiger partial charge on any atom is -0.397 e. The molecule has 0 saturated heterocycles. The summed E-state index contributed by atoms with van der Waals surface area (Å²) in [7, 11) is 0. The van der Waals surface area contributed by atoms with Gasteiger partial charge in [0.1, 0.15) is 0 Å². The van der Waals surface area contributed by atoms with E-state index >= 15 is 0 Å². The van der Waals surface area contributed by atoms with Gasteiger partial charge >= 0.3 is 0 Å². The molecule has 2 aliphatic rings. The summed E-state index contributed by atoms with van der Waals surface area (Å²) in [4.78, 5) is 4.67. The van der Waals surface area contributed by atoms with Crippen LogP contribution in [0.2, 0.25) is 5.02 Å². The minimum atomic E-state index is 0.289. The molecule has 4 rings (SSSR count). The van der Waals surface area contributed by atoms with Gasteiger partial charge in [-0.1, -0.05) is 23.7 Å². The summed E-state index contributed by atoms with van der Waals surface area (Å²) in [5, 5.41) is 8.99. The molecule has 0 radical (unpaired) electrons. The Hall–Kier alpha value is -2.85. The fourth-order valence-corrected chi connectivity index (χ4v) is 2.86. The second kappa shape index (κ2) is 5.11. The van der Waals surface area contributed by atoms with Gasteiger partial charge in [-0.2, -0.15) is 0 Å². The van der Waals surface area contributed by atoms with E-state index in [9.17, 15) is 0 Å². The second-order valence-corrected chi connectivity index (χ2v) is 5.78. The van der Waals surface area contributed by atoms with Crippen LogP contribution in [0.3, 0.4) is 0 Å². The third kappa shape index (κ3) is 2.24. The first-order chi connectivity index (χ1) is 11.1. The summed E-state index contributed by atoms with van der Waals surface area (Å²) in [6.07, 6.45) is 0. The number of anilines is 1. The maximum absolute atomic E-state index is 8.02. The highest BCUT2D eigenvalue weighted by Gasteiger charge is 2.14. The number of hydrogen-bond donors (Lipinski definition) is 2. The summed E-state index contributed by atoms with van der Waals surface area (Å²) < 4.78 is 2.07. The van der Waals surface area contributed by atoms with Crippen molar-refractivity contribution in [3.8, 4) is 17.1 Å². The first-order valence-electron chi connectivity index (χ1n) is 7.15. The average Bonchev–Trinajstić information content (AvgIpc) is 2.55. The van der Waals surface area contributed by atoms with E-state index in [1.54, 1.807) is 12.1 Å². The van der Waals surface area contributed by atoms with E-state index in [1.165, 1.54) is 0 Å². The largest absolute Gasteiger partial charge is 0.397 e. The molecule has 3 N–H and O–H groups in total. The van der Waals surface area contributed by atoms with Crippen LogP contribution in [-0.4, -0.2) is 9.55 Å². The number of hydrogen-bond acceptors (Lipinski definition) is 3. The Labute approximate surface area is 137 Å². The molecule has 0 bridgehead atoms. The minimum absolute atomic E-state index is 0.289. The predicted molar refractivity (Wildman–Crippen MR) is 93.0 cm³/mol. The molecular formula is C18H13ClN4. The lowest BCUT2D eigenvalue weighted by Gasteiger charge is -2.19. The molecule has 0 spiro atoms. The van der Waals surface area contributed by atoms with Crippen molar-refractivity contribution in [3.05, 3.63) is 71.0 Å². The zero-order valence-corrected chi connectivity index (χ0v) is 12.9. The third-order valence-corrected chi connectivity index (χ3v) is 4.09. The monoisotopic (exact) mass is 320 g/mol. The molecule has 5 heteroatoms.